The molecule has 0 bridgehead atoms. The van der Waals surface area contributed by atoms with Gasteiger partial charge in [-0.1, -0.05) is 32.1 Å². The van der Waals surface area contributed by atoms with Gasteiger partial charge in [-0.2, -0.15) is 0 Å². The zero-order valence-electron chi connectivity index (χ0n) is 13.0. The standard InChI is InChI=1S/C15H26N2O2S/c1-15(2,3)13-12(9-18)20-14(16-13)17-7-5-6-11(8-17)10-19-4/h11,18H,5-10H2,1-4H3. The Bertz CT molecular complexity index is 438. The van der Waals surface area contributed by atoms with Crippen LogP contribution in [0.4, 0.5) is 5.13 Å². The van der Waals surface area contributed by atoms with Crippen molar-refractivity contribution in [3.8, 4) is 0 Å². The summed E-state index contributed by atoms with van der Waals surface area (Å²) in [6.07, 6.45) is 2.42. The molecule has 114 valence electrons. The van der Waals surface area contributed by atoms with E-state index < -0.39 is 0 Å². The van der Waals surface area contributed by atoms with Crippen LogP contribution in [0.5, 0.6) is 0 Å². The topological polar surface area (TPSA) is 45.6 Å². The summed E-state index contributed by atoms with van der Waals surface area (Å²) in [5, 5.41) is 10.6. The van der Waals surface area contributed by atoms with Gasteiger partial charge < -0.3 is 14.7 Å². The molecule has 0 spiro atoms. The summed E-state index contributed by atoms with van der Waals surface area (Å²) in [5.41, 5.74) is 1.02. The van der Waals surface area contributed by atoms with E-state index in [0.717, 1.165) is 35.4 Å². The highest BCUT2D eigenvalue weighted by atomic mass is 32.1. The molecule has 0 saturated carbocycles. The Hall–Kier alpha value is -0.650. The number of methoxy groups -OCH3 is 1. The molecule has 1 saturated heterocycles. The number of aliphatic hydroxyl groups excluding tert-OH is 1. The normalized spacial score (nSPS) is 20.4. The average molecular weight is 298 g/mol. The number of hydrogen-bond acceptors (Lipinski definition) is 5. The maximum absolute atomic E-state index is 9.56. The molecule has 2 rings (SSSR count). The van der Waals surface area contributed by atoms with Gasteiger partial charge >= 0.3 is 0 Å². The predicted molar refractivity (Wildman–Crippen MR) is 83.5 cm³/mol. The van der Waals surface area contributed by atoms with E-state index in [1.54, 1.807) is 18.4 Å². The van der Waals surface area contributed by atoms with Crippen molar-refractivity contribution < 1.29 is 9.84 Å². The Morgan fingerprint density at radius 1 is 1.45 bits per heavy atom. The molecule has 4 nitrogen and oxygen atoms in total. The van der Waals surface area contributed by atoms with Crippen molar-refractivity contribution in [1.29, 1.82) is 0 Å². The Kier molecular flexibility index (Phi) is 5.04. The van der Waals surface area contributed by atoms with Crippen LogP contribution in [0.2, 0.25) is 0 Å². The molecule has 1 aromatic rings. The van der Waals surface area contributed by atoms with Gasteiger partial charge in [0.25, 0.3) is 0 Å². The lowest BCUT2D eigenvalue weighted by Crippen LogP contribution is -2.37. The molecular weight excluding hydrogens is 272 g/mol. The quantitative estimate of drug-likeness (QED) is 0.928. The minimum atomic E-state index is -0.0193. The van der Waals surface area contributed by atoms with E-state index in [1.165, 1.54) is 12.8 Å². The number of aliphatic hydroxyl groups is 1. The fourth-order valence-corrected chi connectivity index (χ4v) is 3.94. The molecule has 1 atom stereocenters. The van der Waals surface area contributed by atoms with Gasteiger partial charge in [-0.15, -0.1) is 0 Å². The van der Waals surface area contributed by atoms with Crippen LogP contribution >= 0.6 is 11.3 Å². The lowest BCUT2D eigenvalue weighted by molar-refractivity contribution is 0.143. The number of rotatable bonds is 4. The average Bonchev–Trinajstić information content (AvgIpc) is 2.83. The smallest absolute Gasteiger partial charge is 0.185 e. The Morgan fingerprint density at radius 2 is 2.20 bits per heavy atom. The fraction of sp³-hybridized carbons (Fsp3) is 0.800. The molecule has 1 unspecified atom stereocenters. The number of ether oxygens (including phenoxy) is 1. The van der Waals surface area contributed by atoms with Gasteiger partial charge in [-0.25, -0.2) is 4.98 Å². The third-order valence-electron chi connectivity index (χ3n) is 3.73. The molecule has 0 aliphatic carbocycles. The molecule has 1 aliphatic rings. The zero-order chi connectivity index (χ0) is 14.8. The van der Waals surface area contributed by atoms with Crippen molar-refractivity contribution >= 4 is 16.5 Å². The van der Waals surface area contributed by atoms with Crippen LogP contribution in [0.1, 0.15) is 44.2 Å². The number of piperidine rings is 1. The van der Waals surface area contributed by atoms with Gasteiger partial charge in [0.1, 0.15) is 0 Å². The summed E-state index contributed by atoms with van der Waals surface area (Å²) < 4.78 is 5.29. The van der Waals surface area contributed by atoms with E-state index in [0.29, 0.717) is 5.92 Å². The highest BCUT2D eigenvalue weighted by molar-refractivity contribution is 7.15. The first-order valence-electron chi connectivity index (χ1n) is 7.30. The third-order valence-corrected chi connectivity index (χ3v) is 4.83. The van der Waals surface area contributed by atoms with Gasteiger partial charge in [-0.3, -0.25) is 0 Å². The largest absolute Gasteiger partial charge is 0.391 e. The maximum Gasteiger partial charge on any atom is 0.185 e. The minimum absolute atomic E-state index is 0.0193. The van der Waals surface area contributed by atoms with Gasteiger partial charge in [-0.05, 0) is 18.8 Å². The van der Waals surface area contributed by atoms with Crippen LogP contribution < -0.4 is 4.90 Å². The van der Waals surface area contributed by atoms with Crippen LogP contribution in [0.15, 0.2) is 0 Å². The molecule has 20 heavy (non-hydrogen) atoms. The van der Waals surface area contributed by atoms with Crippen LogP contribution in [0.3, 0.4) is 0 Å². The van der Waals surface area contributed by atoms with E-state index >= 15 is 0 Å². The minimum Gasteiger partial charge on any atom is -0.391 e. The SMILES string of the molecule is COCC1CCCN(c2nc(C(C)(C)C)c(CO)s2)C1. The van der Waals surface area contributed by atoms with E-state index in [-0.39, 0.29) is 12.0 Å². The van der Waals surface area contributed by atoms with Gasteiger partial charge in [0.2, 0.25) is 0 Å². The fourth-order valence-electron chi connectivity index (χ4n) is 2.78. The van der Waals surface area contributed by atoms with Gasteiger partial charge in [0.05, 0.1) is 23.8 Å². The molecule has 1 aliphatic heterocycles. The first-order chi connectivity index (χ1) is 9.45. The Labute approximate surface area is 125 Å². The summed E-state index contributed by atoms with van der Waals surface area (Å²) in [4.78, 5) is 8.17. The lowest BCUT2D eigenvalue weighted by atomic mass is 9.91. The summed E-state index contributed by atoms with van der Waals surface area (Å²) in [6, 6.07) is 0. The number of thiazole rings is 1. The van der Waals surface area contributed by atoms with Gasteiger partial charge in [0, 0.05) is 25.6 Å². The Balaban J connectivity index is 2.18. The second kappa shape index (κ2) is 6.41. The van der Waals surface area contributed by atoms with E-state index in [9.17, 15) is 5.11 Å². The highest BCUT2D eigenvalue weighted by Gasteiger charge is 2.27. The predicted octanol–water partition coefficient (Wildman–Crippen LogP) is 2.80. The second-order valence-electron chi connectivity index (χ2n) is 6.59. The van der Waals surface area contributed by atoms with Crippen molar-refractivity contribution in [3.05, 3.63) is 10.6 Å². The first kappa shape index (κ1) is 15.7. The maximum atomic E-state index is 9.56. The molecule has 1 N–H and O–H groups in total. The third kappa shape index (κ3) is 3.51. The van der Waals surface area contributed by atoms with Crippen molar-refractivity contribution in [2.75, 3.05) is 31.7 Å². The second-order valence-corrected chi connectivity index (χ2v) is 7.65. The van der Waals surface area contributed by atoms with Crippen molar-refractivity contribution in [3.63, 3.8) is 0 Å². The van der Waals surface area contributed by atoms with E-state index in [2.05, 4.69) is 25.7 Å². The number of hydrogen-bond donors (Lipinski definition) is 1. The number of anilines is 1. The summed E-state index contributed by atoms with van der Waals surface area (Å²) in [6.45, 7) is 9.41. The van der Waals surface area contributed by atoms with Crippen molar-refractivity contribution in [2.24, 2.45) is 5.92 Å². The summed E-state index contributed by atoms with van der Waals surface area (Å²) in [7, 11) is 1.77. The lowest BCUT2D eigenvalue weighted by Gasteiger charge is -2.32. The molecule has 0 radical (unpaired) electrons. The van der Waals surface area contributed by atoms with E-state index in [1.807, 2.05) is 0 Å². The number of aromatic nitrogens is 1. The van der Waals surface area contributed by atoms with Crippen molar-refractivity contribution in [2.45, 2.75) is 45.6 Å². The highest BCUT2D eigenvalue weighted by Crippen LogP contribution is 2.35. The molecule has 5 heteroatoms. The van der Waals surface area contributed by atoms with Crippen LogP contribution in [-0.4, -0.2) is 36.9 Å². The van der Waals surface area contributed by atoms with E-state index in [4.69, 9.17) is 9.72 Å². The molecule has 0 aromatic carbocycles. The monoisotopic (exact) mass is 298 g/mol. The Morgan fingerprint density at radius 3 is 2.75 bits per heavy atom. The zero-order valence-corrected chi connectivity index (χ0v) is 13.8. The summed E-state index contributed by atoms with van der Waals surface area (Å²) in [5.74, 6) is 0.591. The molecule has 1 fully saturated rings. The van der Waals surface area contributed by atoms with Crippen LogP contribution in [0.25, 0.3) is 0 Å². The number of nitrogens with zero attached hydrogens (tertiary/aromatic N) is 2. The molecular formula is C15H26N2O2S. The van der Waals surface area contributed by atoms with Crippen LogP contribution in [0, 0.1) is 5.92 Å². The van der Waals surface area contributed by atoms with Gasteiger partial charge in [0.15, 0.2) is 5.13 Å². The molecule has 1 aromatic heterocycles. The summed E-state index contributed by atoms with van der Waals surface area (Å²) >= 11 is 1.64. The molecule has 0 amide bonds. The van der Waals surface area contributed by atoms with Crippen LogP contribution in [-0.2, 0) is 16.8 Å². The first-order valence-corrected chi connectivity index (χ1v) is 8.12. The van der Waals surface area contributed by atoms with Crippen molar-refractivity contribution in [1.82, 2.24) is 4.98 Å². The molecule has 2 heterocycles.